The summed E-state index contributed by atoms with van der Waals surface area (Å²) in [5.74, 6) is 0. The van der Waals surface area contributed by atoms with E-state index in [-0.39, 0.29) is 11.0 Å². The van der Waals surface area contributed by atoms with Gasteiger partial charge in [-0.05, 0) is 30.7 Å². The molecular formula is C19H21N3O4S. The third-order valence-electron chi connectivity index (χ3n) is 4.13. The Morgan fingerprint density at radius 3 is 2.52 bits per heavy atom. The molecule has 0 bridgehead atoms. The lowest BCUT2D eigenvalue weighted by molar-refractivity contribution is 0.136. The molecule has 142 valence electrons. The molecule has 27 heavy (non-hydrogen) atoms. The summed E-state index contributed by atoms with van der Waals surface area (Å²) in [5, 5.41) is 13.7. The number of fused-ring (bicyclic) bond motifs is 1. The molecule has 7 nitrogen and oxygen atoms in total. The highest BCUT2D eigenvalue weighted by molar-refractivity contribution is 7.92. The van der Waals surface area contributed by atoms with Gasteiger partial charge in [-0.2, -0.15) is 0 Å². The Morgan fingerprint density at radius 2 is 1.85 bits per heavy atom. The summed E-state index contributed by atoms with van der Waals surface area (Å²) >= 11 is 0. The standard InChI is InChI=1S/C19H21N3O4S/c1-12-3-5-13(6-4-12)10-21-19(24)16-11-20-17-9-14(22-27(2,25)26)7-8-15(17)18(16)23/h3-9,11,19,21-22,24H,10H2,1-2H3,(H,20,23). The van der Waals surface area contributed by atoms with E-state index >= 15 is 0 Å². The minimum Gasteiger partial charge on any atom is -0.374 e. The maximum Gasteiger partial charge on any atom is 0.229 e. The number of H-pyrrole nitrogens is 1. The van der Waals surface area contributed by atoms with Crippen LogP contribution in [0.25, 0.3) is 10.9 Å². The van der Waals surface area contributed by atoms with Gasteiger partial charge in [0.2, 0.25) is 10.0 Å². The normalized spacial score (nSPS) is 12.9. The average molecular weight is 387 g/mol. The summed E-state index contributed by atoms with van der Waals surface area (Å²) in [7, 11) is -3.41. The largest absolute Gasteiger partial charge is 0.374 e. The molecular weight excluding hydrogens is 366 g/mol. The second-order valence-electron chi connectivity index (χ2n) is 6.48. The van der Waals surface area contributed by atoms with Crippen LogP contribution in [0.4, 0.5) is 5.69 Å². The number of hydrogen-bond donors (Lipinski definition) is 4. The van der Waals surface area contributed by atoms with E-state index < -0.39 is 16.3 Å². The van der Waals surface area contributed by atoms with Crippen LogP contribution in [0.2, 0.25) is 0 Å². The van der Waals surface area contributed by atoms with Gasteiger partial charge in [0, 0.05) is 18.1 Å². The lowest BCUT2D eigenvalue weighted by atomic mass is 10.1. The number of aliphatic hydroxyl groups excluding tert-OH is 1. The maximum atomic E-state index is 12.7. The van der Waals surface area contributed by atoms with Crippen LogP contribution >= 0.6 is 0 Å². The lowest BCUT2D eigenvalue weighted by Gasteiger charge is -2.14. The van der Waals surface area contributed by atoms with E-state index in [0.717, 1.165) is 17.4 Å². The van der Waals surface area contributed by atoms with Gasteiger partial charge >= 0.3 is 0 Å². The minimum absolute atomic E-state index is 0.193. The topological polar surface area (TPSA) is 111 Å². The smallest absolute Gasteiger partial charge is 0.229 e. The summed E-state index contributed by atoms with van der Waals surface area (Å²) in [6, 6.07) is 12.4. The SMILES string of the molecule is Cc1ccc(CNC(O)c2c[nH]c3cc(NS(C)(=O)=O)ccc3c2=O)cc1. The number of benzene rings is 2. The number of aryl methyl sites for hydroxylation is 1. The highest BCUT2D eigenvalue weighted by Crippen LogP contribution is 2.17. The van der Waals surface area contributed by atoms with Crippen LogP contribution in [-0.2, 0) is 16.6 Å². The van der Waals surface area contributed by atoms with Crippen LogP contribution in [0.5, 0.6) is 0 Å². The van der Waals surface area contributed by atoms with Gasteiger partial charge in [0.05, 0.1) is 23.0 Å². The van der Waals surface area contributed by atoms with Gasteiger partial charge in [0.25, 0.3) is 0 Å². The van der Waals surface area contributed by atoms with Crippen molar-refractivity contribution in [2.45, 2.75) is 19.7 Å². The Kier molecular flexibility index (Phi) is 5.31. The summed E-state index contributed by atoms with van der Waals surface area (Å²) in [6.45, 7) is 2.41. The van der Waals surface area contributed by atoms with Crippen LogP contribution in [0.3, 0.4) is 0 Å². The van der Waals surface area contributed by atoms with E-state index in [2.05, 4.69) is 15.0 Å². The third-order valence-corrected chi connectivity index (χ3v) is 4.73. The lowest BCUT2D eigenvalue weighted by Crippen LogP contribution is -2.26. The van der Waals surface area contributed by atoms with Gasteiger partial charge in [-0.1, -0.05) is 29.8 Å². The number of aromatic nitrogens is 1. The molecule has 0 radical (unpaired) electrons. The predicted octanol–water partition coefficient (Wildman–Crippen LogP) is 1.99. The molecule has 0 fully saturated rings. The molecule has 0 saturated carbocycles. The Balaban J connectivity index is 1.82. The summed E-state index contributed by atoms with van der Waals surface area (Å²) in [6.07, 6.45) is 1.36. The molecule has 0 saturated heterocycles. The zero-order valence-corrected chi connectivity index (χ0v) is 15.8. The molecule has 0 aliphatic rings. The second-order valence-corrected chi connectivity index (χ2v) is 8.23. The van der Waals surface area contributed by atoms with Crippen molar-refractivity contribution in [1.29, 1.82) is 0 Å². The molecule has 3 aromatic rings. The van der Waals surface area contributed by atoms with Crippen LogP contribution in [0.15, 0.2) is 53.5 Å². The van der Waals surface area contributed by atoms with Crippen LogP contribution < -0.4 is 15.5 Å². The van der Waals surface area contributed by atoms with E-state index in [1.165, 1.54) is 24.4 Å². The quantitative estimate of drug-likeness (QED) is 0.484. The fraction of sp³-hybridized carbons (Fsp3) is 0.211. The Bertz CT molecular complexity index is 1120. The number of aromatic amines is 1. The zero-order chi connectivity index (χ0) is 19.6. The zero-order valence-electron chi connectivity index (χ0n) is 15.0. The van der Waals surface area contributed by atoms with Crippen molar-refractivity contribution in [3.63, 3.8) is 0 Å². The molecule has 0 amide bonds. The number of rotatable bonds is 6. The van der Waals surface area contributed by atoms with E-state index in [1.807, 2.05) is 31.2 Å². The van der Waals surface area contributed by atoms with Gasteiger partial charge in [-0.15, -0.1) is 0 Å². The molecule has 3 rings (SSSR count). The maximum absolute atomic E-state index is 12.7. The molecule has 8 heteroatoms. The van der Waals surface area contributed by atoms with Crippen molar-refractivity contribution < 1.29 is 13.5 Å². The van der Waals surface area contributed by atoms with Gasteiger partial charge in [0.1, 0.15) is 6.23 Å². The molecule has 1 atom stereocenters. The number of pyridine rings is 1. The first-order valence-corrected chi connectivity index (χ1v) is 10.2. The number of hydrogen-bond acceptors (Lipinski definition) is 5. The Morgan fingerprint density at radius 1 is 1.15 bits per heavy atom. The fourth-order valence-electron chi connectivity index (χ4n) is 2.75. The molecule has 2 aromatic carbocycles. The van der Waals surface area contributed by atoms with Crippen molar-refractivity contribution in [2.75, 3.05) is 11.0 Å². The van der Waals surface area contributed by atoms with Gasteiger partial charge in [0.15, 0.2) is 5.43 Å². The van der Waals surface area contributed by atoms with E-state index in [0.29, 0.717) is 23.1 Å². The fourth-order valence-corrected chi connectivity index (χ4v) is 3.30. The third kappa shape index (κ3) is 4.73. The minimum atomic E-state index is -3.41. The highest BCUT2D eigenvalue weighted by Gasteiger charge is 2.14. The van der Waals surface area contributed by atoms with Crippen molar-refractivity contribution in [3.05, 3.63) is 75.6 Å². The van der Waals surface area contributed by atoms with E-state index in [1.54, 1.807) is 0 Å². The number of nitrogens with one attached hydrogen (secondary N) is 3. The molecule has 4 N–H and O–H groups in total. The first kappa shape index (κ1) is 19.1. The van der Waals surface area contributed by atoms with Crippen molar-refractivity contribution in [3.8, 4) is 0 Å². The van der Waals surface area contributed by atoms with Crippen LogP contribution in [0.1, 0.15) is 22.9 Å². The Hall–Kier alpha value is -2.68. The van der Waals surface area contributed by atoms with E-state index in [9.17, 15) is 18.3 Å². The first-order chi connectivity index (χ1) is 12.7. The monoisotopic (exact) mass is 387 g/mol. The summed E-state index contributed by atoms with van der Waals surface area (Å²) in [4.78, 5) is 15.6. The van der Waals surface area contributed by atoms with Crippen LogP contribution in [-0.4, -0.2) is 24.8 Å². The highest BCUT2D eigenvalue weighted by atomic mass is 32.2. The van der Waals surface area contributed by atoms with Crippen LogP contribution in [0, 0.1) is 6.92 Å². The summed E-state index contributed by atoms with van der Waals surface area (Å²) in [5.41, 5.74) is 2.84. The average Bonchev–Trinajstić information content (AvgIpc) is 2.60. The van der Waals surface area contributed by atoms with Crippen molar-refractivity contribution in [2.24, 2.45) is 0 Å². The summed E-state index contributed by atoms with van der Waals surface area (Å²) < 4.78 is 25.0. The molecule has 1 heterocycles. The van der Waals surface area contributed by atoms with Gasteiger partial charge in [-0.25, -0.2) is 8.42 Å². The second kappa shape index (κ2) is 7.51. The molecule has 1 aromatic heterocycles. The van der Waals surface area contributed by atoms with Crippen molar-refractivity contribution >= 4 is 26.6 Å². The first-order valence-electron chi connectivity index (χ1n) is 8.33. The Labute approximate surface area is 157 Å². The van der Waals surface area contributed by atoms with Gasteiger partial charge < -0.3 is 10.1 Å². The molecule has 1 unspecified atom stereocenters. The molecule has 0 spiro atoms. The van der Waals surface area contributed by atoms with Crippen molar-refractivity contribution in [1.82, 2.24) is 10.3 Å². The number of sulfonamides is 1. The van der Waals surface area contributed by atoms with Gasteiger partial charge in [-0.3, -0.25) is 14.8 Å². The molecule has 0 aliphatic carbocycles. The predicted molar refractivity (Wildman–Crippen MR) is 106 cm³/mol. The number of anilines is 1. The number of aliphatic hydroxyl groups is 1. The van der Waals surface area contributed by atoms with E-state index in [4.69, 9.17) is 0 Å². The molecule has 0 aliphatic heterocycles.